The molecule has 35 heavy (non-hydrogen) atoms. The predicted molar refractivity (Wildman–Crippen MR) is 130 cm³/mol. The molecule has 0 radical (unpaired) electrons. The summed E-state index contributed by atoms with van der Waals surface area (Å²) in [7, 11) is 1.58. The van der Waals surface area contributed by atoms with Gasteiger partial charge in [-0.25, -0.2) is 0 Å². The summed E-state index contributed by atoms with van der Waals surface area (Å²) in [6.45, 7) is 8.26. The third-order valence-corrected chi connectivity index (χ3v) is 6.33. The molecule has 0 unspecified atom stereocenters. The van der Waals surface area contributed by atoms with E-state index in [2.05, 4.69) is 10.5 Å². The molecular formula is C25H34ClN3O6. The summed E-state index contributed by atoms with van der Waals surface area (Å²) in [5.74, 6) is -0.313. The number of aryl methyl sites for hydroxylation is 1. The molecular weight excluding hydrogens is 474 g/mol. The number of aromatic nitrogens is 1. The van der Waals surface area contributed by atoms with E-state index in [1.54, 1.807) is 38.3 Å². The van der Waals surface area contributed by atoms with Gasteiger partial charge in [-0.15, -0.1) is 0 Å². The van der Waals surface area contributed by atoms with Crippen molar-refractivity contribution in [2.75, 3.05) is 26.9 Å². The average Bonchev–Trinajstić information content (AvgIpc) is 3.39. The van der Waals surface area contributed by atoms with Crippen molar-refractivity contribution in [3.05, 3.63) is 46.3 Å². The van der Waals surface area contributed by atoms with Crippen molar-refractivity contribution in [1.82, 2.24) is 15.4 Å². The molecule has 4 atom stereocenters. The number of methoxy groups -OCH3 is 1. The molecule has 1 aromatic heterocycles. The molecule has 0 bridgehead atoms. The highest BCUT2D eigenvalue weighted by Crippen LogP contribution is 2.32. The summed E-state index contributed by atoms with van der Waals surface area (Å²) in [5.41, 5.74) is 1.42. The summed E-state index contributed by atoms with van der Waals surface area (Å²) < 4.78 is 16.2. The molecule has 1 aliphatic heterocycles. The van der Waals surface area contributed by atoms with E-state index in [4.69, 9.17) is 25.6 Å². The number of hydrogen-bond donors (Lipinski definition) is 2. The summed E-state index contributed by atoms with van der Waals surface area (Å²) >= 11 is 6.14. The molecule has 1 aliphatic rings. The second-order valence-corrected chi connectivity index (χ2v) is 9.68. The van der Waals surface area contributed by atoms with Gasteiger partial charge in [0.05, 0.1) is 24.4 Å². The third-order valence-electron chi connectivity index (χ3n) is 6.10. The summed E-state index contributed by atoms with van der Waals surface area (Å²) in [5, 5.41) is 17.7. The minimum absolute atomic E-state index is 0.0773. The first-order valence-corrected chi connectivity index (χ1v) is 12.1. The Kier molecular flexibility index (Phi) is 9.15. The van der Waals surface area contributed by atoms with Gasteiger partial charge >= 0.3 is 0 Å². The van der Waals surface area contributed by atoms with E-state index in [-0.39, 0.29) is 30.7 Å². The molecule has 2 amide bonds. The summed E-state index contributed by atoms with van der Waals surface area (Å²) in [6.07, 6.45) is -0.639. The molecule has 192 valence electrons. The van der Waals surface area contributed by atoms with Crippen LogP contribution in [0.15, 0.2) is 28.8 Å². The number of aliphatic hydroxyl groups excluding tert-OH is 1. The number of benzene rings is 1. The molecule has 1 saturated heterocycles. The zero-order valence-corrected chi connectivity index (χ0v) is 21.5. The van der Waals surface area contributed by atoms with E-state index in [0.29, 0.717) is 35.4 Å². The van der Waals surface area contributed by atoms with Gasteiger partial charge in [-0.1, -0.05) is 36.7 Å². The quantitative estimate of drug-likeness (QED) is 0.474. The molecule has 10 heteroatoms. The lowest BCUT2D eigenvalue weighted by Crippen LogP contribution is -2.48. The molecule has 2 heterocycles. The number of amides is 2. The number of β-amino-alcohol motifs (C(OH)–C–C–N with tert-alkyl or cyclic N) is 1. The molecule has 1 aromatic carbocycles. The lowest BCUT2D eigenvalue weighted by molar-refractivity contribution is -0.141. The number of carbonyl (C=O) groups is 2. The number of halogens is 1. The maximum Gasteiger partial charge on any atom is 0.243 e. The molecule has 0 spiro atoms. The van der Waals surface area contributed by atoms with Crippen LogP contribution in [0, 0.1) is 12.8 Å². The van der Waals surface area contributed by atoms with Gasteiger partial charge in [0.1, 0.15) is 30.1 Å². The van der Waals surface area contributed by atoms with Gasteiger partial charge < -0.3 is 29.3 Å². The molecule has 0 aliphatic carbocycles. The molecule has 1 fully saturated rings. The van der Waals surface area contributed by atoms with Gasteiger partial charge in [-0.2, -0.15) is 0 Å². The van der Waals surface area contributed by atoms with Crippen molar-refractivity contribution in [2.45, 2.75) is 58.2 Å². The Balaban J connectivity index is 1.77. The highest BCUT2D eigenvalue weighted by Gasteiger charge is 2.43. The monoisotopic (exact) mass is 507 g/mol. The number of nitrogens with one attached hydrogen (secondary N) is 1. The first-order chi connectivity index (χ1) is 16.6. The van der Waals surface area contributed by atoms with Gasteiger partial charge in [0.25, 0.3) is 0 Å². The van der Waals surface area contributed by atoms with Crippen LogP contribution in [0.1, 0.15) is 56.2 Å². The fourth-order valence-corrected chi connectivity index (χ4v) is 4.53. The lowest BCUT2D eigenvalue weighted by atomic mass is 9.91. The largest absolute Gasteiger partial charge is 0.491 e. The van der Waals surface area contributed by atoms with Crippen LogP contribution in [0.2, 0.25) is 5.02 Å². The fraction of sp³-hybridized carbons (Fsp3) is 0.560. The van der Waals surface area contributed by atoms with Crippen LogP contribution in [0.3, 0.4) is 0 Å². The Hall–Kier alpha value is -2.62. The first kappa shape index (κ1) is 27.0. The predicted octanol–water partition coefficient (Wildman–Crippen LogP) is 3.24. The van der Waals surface area contributed by atoms with Gasteiger partial charge in [-0.3, -0.25) is 9.59 Å². The van der Waals surface area contributed by atoms with Crippen LogP contribution < -0.4 is 10.1 Å². The lowest BCUT2D eigenvalue weighted by Gasteiger charge is -2.29. The highest BCUT2D eigenvalue weighted by atomic mass is 35.5. The van der Waals surface area contributed by atoms with Crippen LogP contribution in [-0.2, 0) is 14.3 Å². The summed E-state index contributed by atoms with van der Waals surface area (Å²) in [6, 6.07) is 5.71. The minimum Gasteiger partial charge on any atom is -0.491 e. The number of nitrogens with zero attached hydrogens (tertiary/aromatic N) is 2. The van der Waals surface area contributed by atoms with Crippen molar-refractivity contribution >= 4 is 23.4 Å². The summed E-state index contributed by atoms with van der Waals surface area (Å²) in [4.78, 5) is 28.3. The van der Waals surface area contributed by atoms with Crippen LogP contribution in [0.4, 0.5) is 0 Å². The highest BCUT2D eigenvalue weighted by molar-refractivity contribution is 6.30. The van der Waals surface area contributed by atoms with E-state index < -0.39 is 24.1 Å². The van der Waals surface area contributed by atoms with Crippen molar-refractivity contribution in [3.8, 4) is 5.75 Å². The molecule has 3 rings (SSSR count). The van der Waals surface area contributed by atoms with Crippen molar-refractivity contribution in [2.24, 2.45) is 5.92 Å². The number of hydrogen-bond acceptors (Lipinski definition) is 7. The average molecular weight is 508 g/mol. The second-order valence-electron chi connectivity index (χ2n) is 9.24. The SMILES string of the molecule is COCCOc1cc(Cl)ccc1[C@H](C)NC(=O)[C@@H]1C[C@@H](O)CN1C(=O)[C@@H](c1cc(C)no1)C(C)C. The van der Waals surface area contributed by atoms with Gasteiger partial charge in [0.15, 0.2) is 0 Å². The van der Waals surface area contributed by atoms with E-state index in [0.717, 1.165) is 5.56 Å². The van der Waals surface area contributed by atoms with E-state index in [1.165, 1.54) is 4.90 Å². The van der Waals surface area contributed by atoms with Crippen molar-refractivity contribution in [3.63, 3.8) is 0 Å². The van der Waals surface area contributed by atoms with E-state index >= 15 is 0 Å². The van der Waals surface area contributed by atoms with Gasteiger partial charge in [0.2, 0.25) is 11.8 Å². The zero-order valence-electron chi connectivity index (χ0n) is 20.8. The fourth-order valence-electron chi connectivity index (χ4n) is 4.36. The number of ether oxygens (including phenoxy) is 2. The number of likely N-dealkylation sites (tertiary alicyclic amines) is 1. The van der Waals surface area contributed by atoms with Crippen LogP contribution in [0.25, 0.3) is 0 Å². The smallest absolute Gasteiger partial charge is 0.243 e. The van der Waals surface area contributed by atoms with Crippen LogP contribution >= 0.6 is 11.6 Å². The molecule has 0 saturated carbocycles. The Bertz CT molecular complexity index is 1030. The number of carbonyl (C=O) groups excluding carboxylic acids is 2. The van der Waals surface area contributed by atoms with Crippen LogP contribution in [-0.4, -0.2) is 66.0 Å². The van der Waals surface area contributed by atoms with Gasteiger partial charge in [-0.05, 0) is 31.9 Å². The Morgan fingerprint density at radius 3 is 2.66 bits per heavy atom. The van der Waals surface area contributed by atoms with Gasteiger partial charge in [0, 0.05) is 36.7 Å². The first-order valence-electron chi connectivity index (χ1n) is 11.8. The molecule has 2 N–H and O–H groups in total. The molecule has 9 nitrogen and oxygen atoms in total. The second kappa shape index (κ2) is 11.9. The molecule has 2 aromatic rings. The maximum atomic E-state index is 13.6. The van der Waals surface area contributed by atoms with Crippen molar-refractivity contribution < 1.29 is 28.7 Å². The standard InChI is InChI=1S/C25H34ClN3O6/c1-14(2)23(22-10-15(3)28-35-22)25(32)29-13-18(30)12-20(29)24(31)27-16(4)19-7-6-17(26)11-21(19)34-9-8-33-5/h6-7,10-11,14,16,18,20,23,30H,8-9,12-13H2,1-5H3,(H,27,31)/t16-,18+,20-,23+/m0/s1. The Morgan fingerprint density at radius 2 is 2.03 bits per heavy atom. The van der Waals surface area contributed by atoms with E-state index in [1.807, 2.05) is 20.8 Å². The minimum atomic E-state index is -0.810. The van der Waals surface area contributed by atoms with E-state index in [9.17, 15) is 14.7 Å². The normalized spacial score (nSPS) is 19.6. The maximum absolute atomic E-state index is 13.6. The topological polar surface area (TPSA) is 114 Å². The Labute approximate surface area is 210 Å². The zero-order chi connectivity index (χ0) is 25.7. The number of aliphatic hydroxyl groups is 1. The van der Waals surface area contributed by atoms with Crippen LogP contribution in [0.5, 0.6) is 5.75 Å². The third kappa shape index (κ3) is 6.54. The van der Waals surface area contributed by atoms with Crippen molar-refractivity contribution in [1.29, 1.82) is 0 Å². The number of rotatable bonds is 10. The Morgan fingerprint density at radius 1 is 1.29 bits per heavy atom.